The maximum absolute atomic E-state index is 12.4. The maximum atomic E-state index is 12.4. The van der Waals surface area contributed by atoms with Crippen LogP contribution in [0, 0.1) is 5.41 Å². The zero-order chi connectivity index (χ0) is 23.0. The lowest BCUT2D eigenvalue weighted by atomic mass is 10.1. The molecule has 15 heteroatoms. The first-order valence-corrected chi connectivity index (χ1v) is 10.1. The van der Waals surface area contributed by atoms with Crippen LogP contribution in [0.5, 0.6) is 0 Å². The van der Waals surface area contributed by atoms with Gasteiger partial charge < -0.3 is 30.4 Å². The molecule has 164 valence electrons. The molecule has 0 radical (unpaired) electrons. The summed E-state index contributed by atoms with van der Waals surface area (Å²) in [6, 6.07) is 7.93. The van der Waals surface area contributed by atoms with E-state index in [0.717, 1.165) is 24.3 Å². The molecular formula is C16H11N4O9S2-3. The number of carboxylic acids is 1. The van der Waals surface area contributed by atoms with Crippen LogP contribution in [0.1, 0.15) is 0 Å². The van der Waals surface area contributed by atoms with E-state index in [2.05, 4.69) is 24.9 Å². The summed E-state index contributed by atoms with van der Waals surface area (Å²) in [5.41, 5.74) is -0.972. The zero-order valence-corrected chi connectivity index (χ0v) is 16.7. The van der Waals surface area contributed by atoms with Crippen molar-refractivity contribution in [3.8, 4) is 0 Å². The highest BCUT2D eigenvalue weighted by molar-refractivity contribution is 7.94. The monoisotopic (exact) mass is 467 g/mol. The molecule has 0 aliphatic rings. The third kappa shape index (κ3) is 7.21. The van der Waals surface area contributed by atoms with E-state index in [0.29, 0.717) is 16.9 Å². The van der Waals surface area contributed by atoms with Crippen molar-refractivity contribution in [3.63, 3.8) is 0 Å². The van der Waals surface area contributed by atoms with Gasteiger partial charge in [0.1, 0.15) is 10.1 Å². The van der Waals surface area contributed by atoms with Crippen molar-refractivity contribution in [1.29, 1.82) is 5.41 Å². The molecule has 0 bridgehead atoms. The summed E-state index contributed by atoms with van der Waals surface area (Å²) < 4.78 is 36.9. The van der Waals surface area contributed by atoms with Gasteiger partial charge in [0.25, 0.3) is 5.91 Å². The van der Waals surface area contributed by atoms with Gasteiger partial charge in [-0.15, -0.1) is 0 Å². The minimum absolute atomic E-state index is 0.00156. The summed E-state index contributed by atoms with van der Waals surface area (Å²) in [4.78, 5) is 23.4. The van der Waals surface area contributed by atoms with Crippen LogP contribution in [-0.4, -0.2) is 36.6 Å². The highest BCUT2D eigenvalue weighted by atomic mass is 32.2. The number of nitrogens with one attached hydrogen (secondary N) is 2. The number of anilines is 1. The van der Waals surface area contributed by atoms with Crippen LogP contribution >= 0.6 is 12.0 Å². The summed E-state index contributed by atoms with van der Waals surface area (Å²) in [6.45, 7) is 0. The van der Waals surface area contributed by atoms with E-state index in [4.69, 9.17) is 5.41 Å². The van der Waals surface area contributed by atoms with E-state index in [1.807, 2.05) is 0 Å². The molecule has 2 aromatic carbocycles. The lowest BCUT2D eigenvalue weighted by Gasteiger charge is -2.14. The van der Waals surface area contributed by atoms with Crippen molar-refractivity contribution in [1.82, 2.24) is 0 Å². The summed E-state index contributed by atoms with van der Waals surface area (Å²) >= 11 is 0.613. The van der Waals surface area contributed by atoms with Gasteiger partial charge in [-0.05, 0) is 48.5 Å². The number of carbonyl (C=O) groups excluding carboxylic acids is 2. The third-order valence-corrected chi connectivity index (χ3v) is 4.87. The number of carbonyl (C=O) groups is 2. The fourth-order valence-electron chi connectivity index (χ4n) is 2.01. The van der Waals surface area contributed by atoms with E-state index < -0.39 is 38.6 Å². The average molecular weight is 467 g/mol. The Labute approximate surface area is 179 Å². The summed E-state index contributed by atoms with van der Waals surface area (Å²) in [5, 5.41) is 41.0. The van der Waals surface area contributed by atoms with Crippen molar-refractivity contribution in [2.24, 2.45) is 10.2 Å². The van der Waals surface area contributed by atoms with E-state index in [1.54, 1.807) is 0 Å². The molecule has 0 fully saturated rings. The van der Waals surface area contributed by atoms with E-state index in [-0.39, 0.29) is 11.4 Å². The molecule has 2 N–H and O–H groups in total. The second-order valence-electron chi connectivity index (χ2n) is 5.50. The Hall–Kier alpha value is -3.21. The first-order chi connectivity index (χ1) is 14.6. The number of azo groups is 1. The molecular weight excluding hydrogens is 456 g/mol. The first kappa shape index (κ1) is 24.1. The normalized spacial score (nSPS) is 12.5. The molecule has 1 amide bonds. The van der Waals surface area contributed by atoms with Crippen LogP contribution in [0.25, 0.3) is 0 Å². The molecule has 1 unspecified atom stereocenters. The number of nitrogens with zero attached hydrogens (tertiary/aromatic N) is 2. The highest BCUT2D eigenvalue weighted by Gasteiger charge is 2.24. The van der Waals surface area contributed by atoms with Gasteiger partial charge in [-0.3, -0.25) is 9.83 Å². The van der Waals surface area contributed by atoms with Gasteiger partial charge >= 0.3 is 0 Å². The lowest BCUT2D eigenvalue weighted by molar-refractivity contribution is -0.777. The Bertz CT molecular complexity index is 1090. The zero-order valence-electron chi connectivity index (χ0n) is 15.1. The van der Waals surface area contributed by atoms with Gasteiger partial charge in [0.05, 0.1) is 34.3 Å². The number of hydrogen-bond donors (Lipinski definition) is 2. The van der Waals surface area contributed by atoms with E-state index >= 15 is 0 Å². The molecule has 2 aromatic rings. The molecule has 0 aliphatic heterocycles. The Kier molecular flexibility index (Phi) is 8.31. The molecule has 0 saturated heterocycles. The standard InChI is InChI=1S/C16H14N4O9S2/c17-13(16(22)23)14(20-19-10-3-7-12(8-4-10)31(25,26)27)15(21)18-9-1-5-11(6-2-9)30-29-28-24/h1-8,14,17,24H,(H,18,21)(H,22,23)(H,25,26,27)/p-3. The van der Waals surface area contributed by atoms with Crippen LogP contribution in [0.3, 0.4) is 0 Å². The van der Waals surface area contributed by atoms with Crippen molar-refractivity contribution in [2.75, 3.05) is 5.32 Å². The Morgan fingerprint density at radius 2 is 1.71 bits per heavy atom. The Morgan fingerprint density at radius 3 is 2.23 bits per heavy atom. The molecule has 13 nitrogen and oxygen atoms in total. The SMILES string of the molecule is N=C(C(=O)[O-])C(N=Nc1ccc(S(=O)(=O)[O-])cc1)C(=O)Nc1ccc(SOO[O-])cc1. The van der Waals surface area contributed by atoms with Crippen molar-refractivity contribution in [3.05, 3.63) is 48.5 Å². The third-order valence-electron chi connectivity index (χ3n) is 3.44. The van der Waals surface area contributed by atoms with Crippen LogP contribution < -0.4 is 15.7 Å². The smallest absolute Gasteiger partial charge is 0.257 e. The summed E-state index contributed by atoms with van der Waals surface area (Å²) in [7, 11) is -4.67. The summed E-state index contributed by atoms with van der Waals surface area (Å²) in [5.74, 6) is -2.97. The number of amides is 1. The number of rotatable bonds is 10. The molecule has 0 aromatic heterocycles. The van der Waals surface area contributed by atoms with E-state index in [1.165, 1.54) is 24.3 Å². The minimum atomic E-state index is -4.67. The molecule has 0 aliphatic carbocycles. The van der Waals surface area contributed by atoms with Crippen LogP contribution in [0.2, 0.25) is 0 Å². The fraction of sp³-hybridized carbons (Fsp3) is 0.0625. The van der Waals surface area contributed by atoms with E-state index in [9.17, 15) is 32.9 Å². The first-order valence-electron chi connectivity index (χ1n) is 7.92. The molecule has 0 saturated carbocycles. The second-order valence-corrected chi connectivity index (χ2v) is 7.65. The van der Waals surface area contributed by atoms with Gasteiger partial charge in [0.2, 0.25) is 0 Å². The van der Waals surface area contributed by atoms with Gasteiger partial charge in [0.15, 0.2) is 6.04 Å². The quantitative estimate of drug-likeness (QED) is 0.116. The number of benzene rings is 2. The number of aliphatic carboxylic acids is 1. The van der Waals surface area contributed by atoms with Crippen LogP contribution in [0.15, 0.2) is 68.6 Å². The molecule has 1 atom stereocenters. The molecule has 0 heterocycles. The van der Waals surface area contributed by atoms with Gasteiger partial charge in [-0.2, -0.15) is 14.6 Å². The Balaban J connectivity index is 2.17. The highest BCUT2D eigenvalue weighted by Crippen LogP contribution is 2.21. The second kappa shape index (κ2) is 10.7. The van der Waals surface area contributed by atoms with Crippen molar-refractivity contribution >= 4 is 51.1 Å². The largest absolute Gasteiger partial charge is 0.744 e. The minimum Gasteiger partial charge on any atom is -0.744 e. The molecule has 2 rings (SSSR count). The average Bonchev–Trinajstić information content (AvgIpc) is 2.73. The molecule has 0 spiro atoms. The Morgan fingerprint density at radius 1 is 1.10 bits per heavy atom. The van der Waals surface area contributed by atoms with Gasteiger partial charge in [-0.1, -0.05) is 0 Å². The van der Waals surface area contributed by atoms with Crippen molar-refractivity contribution < 1.29 is 42.3 Å². The topological polar surface area (TPSA) is 217 Å². The predicted octanol–water partition coefficient (Wildman–Crippen LogP) is -0.318. The van der Waals surface area contributed by atoms with Gasteiger partial charge in [0, 0.05) is 10.6 Å². The molecule has 31 heavy (non-hydrogen) atoms. The summed E-state index contributed by atoms with van der Waals surface area (Å²) in [6.07, 6.45) is 0. The fourth-order valence-corrected chi connectivity index (χ4v) is 2.84. The lowest BCUT2D eigenvalue weighted by Crippen LogP contribution is -2.43. The predicted molar refractivity (Wildman–Crippen MR) is 98.5 cm³/mol. The van der Waals surface area contributed by atoms with Crippen LogP contribution in [0.4, 0.5) is 11.4 Å². The van der Waals surface area contributed by atoms with Gasteiger partial charge in [-0.25, -0.2) is 8.42 Å². The maximum Gasteiger partial charge on any atom is 0.257 e. The number of hydrogen-bond acceptors (Lipinski definition) is 13. The van der Waals surface area contributed by atoms with Crippen LogP contribution in [-0.2, 0) is 29.1 Å². The number of carboxylic acid groups (broad SMARTS) is 1. The van der Waals surface area contributed by atoms with Crippen molar-refractivity contribution in [2.45, 2.75) is 15.8 Å².